The summed E-state index contributed by atoms with van der Waals surface area (Å²) in [6.45, 7) is 4.24. The van der Waals surface area contributed by atoms with Gasteiger partial charge in [-0.3, -0.25) is 5.10 Å². The number of rotatable bonds is 8. The lowest BCUT2D eigenvalue weighted by Crippen LogP contribution is -2.32. The molecule has 2 aromatic rings. The Morgan fingerprint density at radius 1 is 1.03 bits per heavy atom. The fraction of sp³-hybridized carbons (Fsp3) is 0.381. The maximum Gasteiger partial charge on any atom is 0.279 e. The second-order valence-corrected chi connectivity index (χ2v) is 7.14. The molecular formula is C21H19F4N5O2. The van der Waals surface area contributed by atoms with E-state index in [0.717, 1.165) is 0 Å². The quantitative estimate of drug-likeness (QED) is 0.463. The largest absolute Gasteiger partial charge is 0.474 e. The van der Waals surface area contributed by atoms with Crippen molar-refractivity contribution in [1.82, 2.24) is 15.5 Å². The summed E-state index contributed by atoms with van der Waals surface area (Å²) in [5.74, 6) is -1.20. The van der Waals surface area contributed by atoms with Crippen LogP contribution in [0.25, 0.3) is 10.9 Å². The van der Waals surface area contributed by atoms with Crippen LogP contribution in [-0.4, -0.2) is 42.4 Å². The Balaban J connectivity index is 2.07. The molecule has 1 aliphatic rings. The molecule has 0 amide bonds. The summed E-state index contributed by atoms with van der Waals surface area (Å²) in [6, 6.07) is 7.79. The zero-order valence-corrected chi connectivity index (χ0v) is 17.1. The molecule has 0 fully saturated rings. The predicted molar refractivity (Wildman–Crippen MR) is 106 cm³/mol. The Kier molecular flexibility index (Phi) is 7.01. The van der Waals surface area contributed by atoms with Gasteiger partial charge in [-0.1, -0.05) is 6.07 Å². The van der Waals surface area contributed by atoms with Crippen molar-refractivity contribution in [2.45, 2.75) is 38.7 Å². The molecule has 7 nitrogen and oxygen atoms in total. The van der Waals surface area contributed by atoms with Crippen LogP contribution in [0.15, 0.2) is 40.7 Å². The summed E-state index contributed by atoms with van der Waals surface area (Å²) in [6.07, 6.45) is -6.40. The summed E-state index contributed by atoms with van der Waals surface area (Å²) in [4.78, 5) is 0. The molecule has 0 unspecified atom stereocenters. The highest BCUT2D eigenvalue weighted by atomic mass is 19.3. The Morgan fingerprint density at radius 2 is 1.66 bits per heavy atom. The zero-order chi connectivity index (χ0) is 23.4. The van der Waals surface area contributed by atoms with E-state index in [0.29, 0.717) is 17.5 Å². The van der Waals surface area contributed by atoms with Gasteiger partial charge in [-0.2, -0.15) is 10.5 Å². The van der Waals surface area contributed by atoms with Gasteiger partial charge < -0.3 is 14.8 Å². The molecular weight excluding hydrogens is 430 g/mol. The van der Waals surface area contributed by atoms with E-state index in [4.69, 9.17) is 9.47 Å². The molecule has 0 atom stereocenters. The molecule has 2 N–H and O–H groups in total. The van der Waals surface area contributed by atoms with E-state index in [2.05, 4.69) is 10.2 Å². The summed E-state index contributed by atoms with van der Waals surface area (Å²) in [5.41, 5.74) is -2.15. The molecule has 0 spiro atoms. The molecule has 1 aromatic heterocycles. The van der Waals surface area contributed by atoms with Crippen molar-refractivity contribution in [2.24, 2.45) is 0 Å². The zero-order valence-electron chi connectivity index (χ0n) is 17.1. The number of aromatic amines is 1. The molecule has 0 aliphatic carbocycles. The van der Waals surface area contributed by atoms with Crippen molar-refractivity contribution in [3.63, 3.8) is 0 Å². The highest BCUT2D eigenvalue weighted by molar-refractivity contribution is 5.85. The maximum atomic E-state index is 13.5. The number of dihydropyridines is 1. The van der Waals surface area contributed by atoms with E-state index in [1.165, 1.54) is 12.1 Å². The summed E-state index contributed by atoms with van der Waals surface area (Å²) in [5, 5.41) is 28.2. The van der Waals surface area contributed by atoms with Crippen molar-refractivity contribution in [3.8, 4) is 18.0 Å². The Labute approximate surface area is 180 Å². The van der Waals surface area contributed by atoms with E-state index in [1.807, 2.05) is 19.2 Å². The molecule has 32 heavy (non-hydrogen) atoms. The van der Waals surface area contributed by atoms with Crippen LogP contribution >= 0.6 is 0 Å². The highest BCUT2D eigenvalue weighted by Crippen LogP contribution is 2.41. The first-order chi connectivity index (χ1) is 15.3. The van der Waals surface area contributed by atoms with Gasteiger partial charge in [-0.25, -0.2) is 17.6 Å². The molecule has 0 radical (unpaired) electrons. The third-order valence-electron chi connectivity index (χ3n) is 4.76. The number of aromatic nitrogens is 2. The highest BCUT2D eigenvalue weighted by Gasteiger charge is 2.37. The first kappa shape index (κ1) is 23.1. The second kappa shape index (κ2) is 9.71. The van der Waals surface area contributed by atoms with Gasteiger partial charge in [0.25, 0.3) is 12.9 Å². The molecule has 2 heterocycles. The average molecular weight is 449 g/mol. The van der Waals surface area contributed by atoms with Crippen LogP contribution in [0.3, 0.4) is 0 Å². The van der Waals surface area contributed by atoms with Gasteiger partial charge in [0.05, 0.1) is 64.2 Å². The van der Waals surface area contributed by atoms with Crippen LogP contribution in [0.1, 0.15) is 25.3 Å². The molecule has 0 saturated carbocycles. The van der Waals surface area contributed by atoms with Gasteiger partial charge >= 0.3 is 0 Å². The van der Waals surface area contributed by atoms with Crippen molar-refractivity contribution in [1.29, 1.82) is 10.5 Å². The van der Waals surface area contributed by atoms with Crippen LogP contribution in [0.2, 0.25) is 0 Å². The van der Waals surface area contributed by atoms with E-state index >= 15 is 0 Å². The molecule has 3 rings (SSSR count). The fourth-order valence-electron chi connectivity index (χ4n) is 3.38. The SMILES string of the molecule is CC(C)OCCOc1n[nH]c2ccc(C3C(C#N)=C(C(F)F)NC(C(F)F)=C3C#N)cc12. The van der Waals surface area contributed by atoms with Crippen molar-refractivity contribution in [3.05, 3.63) is 46.3 Å². The maximum absolute atomic E-state index is 13.5. The van der Waals surface area contributed by atoms with E-state index < -0.39 is 41.3 Å². The number of nitrogens with zero attached hydrogens (tertiary/aromatic N) is 3. The molecule has 0 bridgehead atoms. The van der Waals surface area contributed by atoms with E-state index in [9.17, 15) is 28.1 Å². The van der Waals surface area contributed by atoms with Crippen molar-refractivity contribution in [2.75, 3.05) is 13.2 Å². The number of nitrogens with one attached hydrogen (secondary N) is 2. The summed E-state index contributed by atoms with van der Waals surface area (Å²) >= 11 is 0. The third-order valence-corrected chi connectivity index (χ3v) is 4.76. The average Bonchev–Trinajstić information content (AvgIpc) is 3.16. The second-order valence-electron chi connectivity index (χ2n) is 7.14. The lowest BCUT2D eigenvalue weighted by molar-refractivity contribution is 0.0546. The van der Waals surface area contributed by atoms with Gasteiger partial charge in [0, 0.05) is 0 Å². The van der Waals surface area contributed by atoms with Crippen LogP contribution in [0.5, 0.6) is 5.88 Å². The van der Waals surface area contributed by atoms with Gasteiger partial charge in [0.15, 0.2) is 0 Å². The topological polar surface area (TPSA) is 107 Å². The number of benzene rings is 1. The van der Waals surface area contributed by atoms with Gasteiger partial charge in [-0.05, 0) is 31.5 Å². The van der Waals surface area contributed by atoms with Gasteiger partial charge in [-0.15, -0.1) is 5.10 Å². The van der Waals surface area contributed by atoms with Crippen molar-refractivity contribution < 1.29 is 27.0 Å². The summed E-state index contributed by atoms with van der Waals surface area (Å²) < 4.78 is 65.2. The Bertz CT molecular complexity index is 1100. The van der Waals surface area contributed by atoms with Crippen LogP contribution in [-0.2, 0) is 4.74 Å². The van der Waals surface area contributed by atoms with Crippen LogP contribution < -0.4 is 10.1 Å². The number of nitriles is 2. The molecule has 168 valence electrons. The standard InChI is InChI=1S/C21H19F4N5O2/c1-10(2)31-5-6-32-21-12-7-11(3-4-15(12)29-30-21)16-13(8-26)17(19(22)23)28-18(20(24)25)14(16)9-27/h3-4,7,10,16,19-20,28H,5-6H2,1-2H3,(H,29,30). The fourth-order valence-corrected chi connectivity index (χ4v) is 3.38. The lowest BCUT2D eigenvalue weighted by atomic mass is 9.81. The first-order valence-corrected chi connectivity index (χ1v) is 9.62. The molecule has 0 saturated heterocycles. The van der Waals surface area contributed by atoms with Crippen molar-refractivity contribution >= 4 is 10.9 Å². The van der Waals surface area contributed by atoms with E-state index in [1.54, 1.807) is 18.2 Å². The summed E-state index contributed by atoms with van der Waals surface area (Å²) in [7, 11) is 0. The number of ether oxygens (including phenoxy) is 2. The number of fused-ring (bicyclic) bond motifs is 1. The van der Waals surface area contributed by atoms with Crippen LogP contribution in [0.4, 0.5) is 17.6 Å². The minimum atomic E-state index is -3.21. The normalized spacial score (nSPS) is 15.0. The Morgan fingerprint density at radius 3 is 2.19 bits per heavy atom. The smallest absolute Gasteiger partial charge is 0.279 e. The number of allylic oxidation sites excluding steroid dienone is 4. The minimum absolute atomic E-state index is 0.0153. The van der Waals surface area contributed by atoms with Gasteiger partial charge in [0.2, 0.25) is 5.88 Å². The number of alkyl halides is 4. The third kappa shape index (κ3) is 4.53. The van der Waals surface area contributed by atoms with E-state index in [-0.39, 0.29) is 24.2 Å². The first-order valence-electron chi connectivity index (χ1n) is 9.62. The predicted octanol–water partition coefficient (Wildman–Crippen LogP) is 4.14. The van der Waals surface area contributed by atoms with Crippen LogP contribution in [0, 0.1) is 22.7 Å². The minimum Gasteiger partial charge on any atom is -0.474 e. The van der Waals surface area contributed by atoms with Gasteiger partial charge in [0.1, 0.15) is 6.61 Å². The molecule has 1 aliphatic heterocycles. The number of hydrogen-bond acceptors (Lipinski definition) is 6. The number of H-pyrrole nitrogens is 1. The number of hydrogen-bond donors (Lipinski definition) is 2. The monoisotopic (exact) mass is 449 g/mol. The molecule has 11 heteroatoms. The molecule has 1 aromatic carbocycles. The number of halogens is 4. The lowest BCUT2D eigenvalue weighted by Gasteiger charge is -2.28. The Hall–Kier alpha value is -3.57.